The quantitative estimate of drug-likeness (QED) is 0.615. The van der Waals surface area contributed by atoms with Crippen molar-refractivity contribution >= 4 is 21.4 Å². The average molecular weight is 452 g/mol. The highest BCUT2D eigenvalue weighted by Gasteiger charge is 2.31. The Morgan fingerprint density at radius 1 is 1.03 bits per heavy atom. The Kier molecular flexibility index (Phi) is 5.23. The molecule has 13 heteroatoms. The third-order valence-corrected chi connectivity index (χ3v) is 5.29. The van der Waals surface area contributed by atoms with Crippen molar-refractivity contribution in [3.05, 3.63) is 63.1 Å². The zero-order chi connectivity index (χ0) is 21.6. The van der Waals surface area contributed by atoms with Crippen LogP contribution in [0.25, 0.3) is 16.9 Å². The molecular weight excluding hydrogens is 443 g/mol. The predicted molar refractivity (Wildman–Crippen MR) is 93.3 cm³/mol. The van der Waals surface area contributed by atoms with Crippen molar-refractivity contribution in [1.29, 1.82) is 0 Å². The monoisotopic (exact) mass is 452 g/mol. The molecule has 1 aromatic heterocycles. The van der Waals surface area contributed by atoms with Gasteiger partial charge >= 0.3 is 11.2 Å². The molecule has 0 aliphatic rings. The lowest BCUT2D eigenvalue weighted by molar-refractivity contribution is -0.274. The van der Waals surface area contributed by atoms with Gasteiger partial charge in [0.25, 0.3) is 0 Å². The Balaban J connectivity index is 2.09. The van der Waals surface area contributed by atoms with E-state index >= 15 is 0 Å². The van der Waals surface area contributed by atoms with Gasteiger partial charge in [-0.1, -0.05) is 11.3 Å². The van der Waals surface area contributed by atoms with Crippen LogP contribution in [-0.4, -0.2) is 19.3 Å². The lowest BCUT2D eigenvalue weighted by atomic mass is 10.1. The minimum Gasteiger partial charge on any atom is -0.406 e. The smallest absolute Gasteiger partial charge is 0.406 e. The maximum Gasteiger partial charge on any atom is 0.573 e. The number of aromatic nitrogens is 1. The van der Waals surface area contributed by atoms with Crippen molar-refractivity contribution in [3.63, 3.8) is 0 Å². The number of rotatable bonds is 4. The molecule has 0 atom stereocenters. The molecule has 154 valence electrons. The van der Waals surface area contributed by atoms with E-state index in [1.54, 1.807) is 0 Å². The van der Waals surface area contributed by atoms with Gasteiger partial charge in [0.05, 0.1) is 11.4 Å². The lowest BCUT2D eigenvalue weighted by Crippen LogP contribution is -2.17. The number of ether oxygens (including phenoxy) is 1. The minimum absolute atomic E-state index is 0.0109. The first-order chi connectivity index (χ1) is 13.4. The number of nitrogens with zero attached hydrogens (tertiary/aromatic N) is 1. The highest BCUT2D eigenvalue weighted by atomic mass is 32.2. The van der Waals surface area contributed by atoms with Gasteiger partial charge in [0, 0.05) is 10.9 Å². The SMILES string of the molecule is NS(=O)(=O)c1c(F)cc(-c2csc(=O)n2-c2ccc(OC(F)(F)F)cc2)cc1F. The van der Waals surface area contributed by atoms with Gasteiger partial charge in [-0.3, -0.25) is 9.36 Å². The first-order valence-electron chi connectivity index (χ1n) is 7.46. The lowest BCUT2D eigenvalue weighted by Gasteiger charge is -2.12. The largest absolute Gasteiger partial charge is 0.573 e. The van der Waals surface area contributed by atoms with Gasteiger partial charge in [-0.25, -0.2) is 22.3 Å². The second-order valence-electron chi connectivity index (χ2n) is 5.58. The molecule has 3 aromatic rings. The molecule has 0 aliphatic carbocycles. The summed E-state index contributed by atoms with van der Waals surface area (Å²) in [6.45, 7) is 0. The molecule has 2 aromatic carbocycles. The molecule has 0 bridgehead atoms. The number of hydrogen-bond acceptors (Lipinski definition) is 5. The van der Waals surface area contributed by atoms with Crippen LogP contribution >= 0.6 is 11.3 Å². The van der Waals surface area contributed by atoms with Crippen molar-refractivity contribution in [2.75, 3.05) is 0 Å². The molecule has 0 amide bonds. The number of sulfonamides is 1. The standard InChI is InChI=1S/C16H9F5N2O4S2/c17-11-5-8(6-12(18)14(11)29(22,25)26)13-7-28-15(24)23(13)9-1-3-10(4-2-9)27-16(19,20)21/h1-7H,(H2,22,25,26). The van der Waals surface area contributed by atoms with Gasteiger partial charge in [0.15, 0.2) is 4.90 Å². The number of primary sulfonamides is 1. The summed E-state index contributed by atoms with van der Waals surface area (Å²) in [5, 5.41) is 6.03. The maximum atomic E-state index is 14.1. The van der Waals surface area contributed by atoms with Crippen molar-refractivity contribution in [2.24, 2.45) is 5.14 Å². The average Bonchev–Trinajstić information content (AvgIpc) is 2.94. The van der Waals surface area contributed by atoms with Gasteiger partial charge in [-0.05, 0) is 36.4 Å². The second kappa shape index (κ2) is 7.24. The molecule has 0 unspecified atom stereocenters. The predicted octanol–water partition coefficient (Wildman–Crippen LogP) is 3.39. The zero-order valence-electron chi connectivity index (χ0n) is 13.9. The van der Waals surface area contributed by atoms with Crippen LogP contribution in [0.2, 0.25) is 0 Å². The Morgan fingerprint density at radius 3 is 2.07 bits per heavy atom. The van der Waals surface area contributed by atoms with Crippen LogP contribution in [0.4, 0.5) is 22.0 Å². The Hall–Kier alpha value is -2.77. The molecular formula is C16H9F5N2O4S2. The molecule has 6 nitrogen and oxygen atoms in total. The van der Waals surface area contributed by atoms with Gasteiger partial charge in [-0.15, -0.1) is 13.2 Å². The fraction of sp³-hybridized carbons (Fsp3) is 0.0625. The van der Waals surface area contributed by atoms with E-state index in [2.05, 4.69) is 4.74 Å². The summed E-state index contributed by atoms with van der Waals surface area (Å²) in [5.41, 5.74) is -0.0956. The van der Waals surface area contributed by atoms with E-state index in [4.69, 9.17) is 5.14 Å². The second-order valence-corrected chi connectivity index (χ2v) is 7.90. The summed E-state index contributed by atoms with van der Waals surface area (Å²) in [6.07, 6.45) is -4.90. The van der Waals surface area contributed by atoms with E-state index in [1.807, 2.05) is 0 Å². The van der Waals surface area contributed by atoms with Crippen LogP contribution in [0.5, 0.6) is 5.75 Å². The van der Waals surface area contributed by atoms with Gasteiger partial charge in [-0.2, -0.15) is 0 Å². The summed E-state index contributed by atoms with van der Waals surface area (Å²) in [6, 6.07) is 5.57. The number of benzene rings is 2. The topological polar surface area (TPSA) is 91.4 Å². The number of halogens is 5. The van der Waals surface area contributed by atoms with Gasteiger partial charge in [0.1, 0.15) is 17.4 Å². The third-order valence-electron chi connectivity index (χ3n) is 3.60. The molecule has 0 radical (unpaired) electrons. The Labute approximate surface area is 163 Å². The number of thiazole rings is 1. The van der Waals surface area contributed by atoms with Crippen LogP contribution in [0.1, 0.15) is 0 Å². The fourth-order valence-electron chi connectivity index (χ4n) is 2.53. The normalized spacial score (nSPS) is 12.2. The molecule has 3 rings (SSSR count). The molecule has 0 fully saturated rings. The van der Waals surface area contributed by atoms with Gasteiger partial charge in [0.2, 0.25) is 10.0 Å². The summed E-state index contributed by atoms with van der Waals surface area (Å²) < 4.78 is 92.4. The third kappa shape index (κ3) is 4.46. The maximum absolute atomic E-state index is 14.1. The van der Waals surface area contributed by atoms with Crippen molar-refractivity contribution in [3.8, 4) is 22.7 Å². The van der Waals surface area contributed by atoms with E-state index in [0.717, 1.165) is 28.8 Å². The number of hydrogen-bond donors (Lipinski definition) is 1. The summed E-state index contributed by atoms with van der Waals surface area (Å²) >= 11 is 0.665. The highest BCUT2D eigenvalue weighted by Crippen LogP contribution is 2.29. The zero-order valence-corrected chi connectivity index (χ0v) is 15.5. The molecule has 0 saturated heterocycles. The van der Waals surface area contributed by atoms with Crippen LogP contribution in [-0.2, 0) is 10.0 Å². The van der Waals surface area contributed by atoms with E-state index < -0.39 is 43.5 Å². The van der Waals surface area contributed by atoms with E-state index in [1.165, 1.54) is 5.38 Å². The van der Waals surface area contributed by atoms with E-state index in [-0.39, 0.29) is 16.9 Å². The summed E-state index contributed by atoms with van der Waals surface area (Å²) in [7, 11) is -4.66. The van der Waals surface area contributed by atoms with Crippen LogP contribution in [0.15, 0.2) is 51.5 Å². The molecule has 29 heavy (non-hydrogen) atoms. The van der Waals surface area contributed by atoms with Crippen molar-refractivity contribution < 1.29 is 35.1 Å². The number of alkyl halides is 3. The van der Waals surface area contributed by atoms with Crippen LogP contribution in [0, 0.1) is 11.6 Å². The fourth-order valence-corrected chi connectivity index (χ4v) is 3.95. The minimum atomic E-state index is -4.90. The summed E-state index contributed by atoms with van der Waals surface area (Å²) in [5.74, 6) is -3.44. The van der Waals surface area contributed by atoms with E-state index in [0.29, 0.717) is 23.5 Å². The molecule has 2 N–H and O–H groups in total. The van der Waals surface area contributed by atoms with E-state index in [9.17, 15) is 35.2 Å². The highest BCUT2D eigenvalue weighted by molar-refractivity contribution is 7.89. The first kappa shape index (κ1) is 21.0. The molecule has 0 aliphatic heterocycles. The Morgan fingerprint density at radius 2 is 1.59 bits per heavy atom. The number of nitrogens with two attached hydrogens (primary N) is 1. The first-order valence-corrected chi connectivity index (χ1v) is 9.88. The van der Waals surface area contributed by atoms with Crippen LogP contribution < -0.4 is 14.7 Å². The van der Waals surface area contributed by atoms with Crippen LogP contribution in [0.3, 0.4) is 0 Å². The molecule has 0 spiro atoms. The van der Waals surface area contributed by atoms with Crippen molar-refractivity contribution in [2.45, 2.75) is 11.3 Å². The summed E-state index contributed by atoms with van der Waals surface area (Å²) in [4.78, 5) is 10.3. The molecule has 0 saturated carbocycles. The molecule has 1 heterocycles. The Bertz CT molecular complexity index is 1210. The van der Waals surface area contributed by atoms with Crippen molar-refractivity contribution in [1.82, 2.24) is 4.57 Å². The van der Waals surface area contributed by atoms with Gasteiger partial charge < -0.3 is 4.74 Å².